The van der Waals surface area contributed by atoms with E-state index in [1.165, 1.54) is 0 Å². The van der Waals surface area contributed by atoms with Crippen LogP contribution in [0.5, 0.6) is 17.2 Å². The number of benzene rings is 2. The van der Waals surface area contributed by atoms with E-state index >= 15 is 0 Å². The first-order valence-electron chi connectivity index (χ1n) is 11.2. The van der Waals surface area contributed by atoms with E-state index in [0.29, 0.717) is 55.7 Å². The van der Waals surface area contributed by atoms with Crippen LogP contribution in [0.2, 0.25) is 0 Å². The minimum Gasteiger partial charge on any atom is -0.496 e. The zero-order chi connectivity index (χ0) is 22.7. The Morgan fingerprint density at radius 3 is 2.66 bits per heavy atom. The maximum absolute atomic E-state index is 13.8. The zero-order valence-electron chi connectivity index (χ0n) is 18.9. The van der Waals surface area contributed by atoms with E-state index in [0.717, 1.165) is 5.56 Å². The van der Waals surface area contributed by atoms with Crippen molar-refractivity contribution in [1.82, 2.24) is 9.80 Å². The summed E-state index contributed by atoms with van der Waals surface area (Å²) in [6.07, 6.45) is 0.277. The Bertz CT molecular complexity index is 992. The van der Waals surface area contributed by atoms with Crippen LogP contribution in [0.3, 0.4) is 0 Å². The molecule has 2 atom stereocenters. The summed E-state index contributed by atoms with van der Waals surface area (Å²) in [4.78, 5) is 30.3. The van der Waals surface area contributed by atoms with Crippen LogP contribution < -0.4 is 14.2 Å². The van der Waals surface area contributed by atoms with Crippen molar-refractivity contribution >= 4 is 11.8 Å². The van der Waals surface area contributed by atoms with Crippen LogP contribution in [0.1, 0.15) is 42.2 Å². The third-order valence-electron chi connectivity index (χ3n) is 6.21. The monoisotopic (exact) mass is 438 g/mol. The molecule has 0 aromatic heterocycles. The third-order valence-corrected chi connectivity index (χ3v) is 6.21. The minimum atomic E-state index is -0.237. The molecule has 7 heteroatoms. The number of nitrogens with zero attached hydrogens (tertiary/aromatic N) is 2. The molecule has 2 aromatic rings. The summed E-state index contributed by atoms with van der Waals surface area (Å²) in [5, 5.41) is 0. The van der Waals surface area contributed by atoms with E-state index in [2.05, 4.69) is 0 Å². The van der Waals surface area contributed by atoms with Gasteiger partial charge in [0.25, 0.3) is 5.91 Å². The van der Waals surface area contributed by atoms with E-state index in [1.54, 1.807) is 19.2 Å². The van der Waals surface area contributed by atoms with Crippen molar-refractivity contribution in [3.63, 3.8) is 0 Å². The molecule has 2 aromatic carbocycles. The maximum atomic E-state index is 13.8. The normalized spacial score (nSPS) is 20.4. The number of hydrogen-bond acceptors (Lipinski definition) is 5. The molecule has 2 amide bonds. The van der Waals surface area contributed by atoms with Crippen LogP contribution in [0.25, 0.3) is 0 Å². The van der Waals surface area contributed by atoms with Crippen LogP contribution in [-0.2, 0) is 4.79 Å². The molecule has 0 bridgehead atoms. The molecule has 0 spiro atoms. The smallest absolute Gasteiger partial charge is 0.258 e. The molecule has 4 rings (SSSR count). The number of amides is 2. The highest BCUT2D eigenvalue weighted by Gasteiger charge is 2.42. The van der Waals surface area contributed by atoms with Crippen molar-refractivity contribution in [1.29, 1.82) is 0 Å². The van der Waals surface area contributed by atoms with Gasteiger partial charge in [0.1, 0.15) is 5.75 Å². The van der Waals surface area contributed by atoms with E-state index < -0.39 is 0 Å². The van der Waals surface area contributed by atoms with Crippen molar-refractivity contribution in [2.45, 2.75) is 26.3 Å². The fraction of sp³-hybridized carbons (Fsp3) is 0.440. The van der Waals surface area contributed by atoms with Crippen LogP contribution in [0, 0.1) is 5.92 Å². The first kappa shape index (κ1) is 22.0. The van der Waals surface area contributed by atoms with Gasteiger partial charge in [-0.2, -0.15) is 0 Å². The molecule has 0 aliphatic carbocycles. The van der Waals surface area contributed by atoms with Gasteiger partial charge < -0.3 is 24.0 Å². The highest BCUT2D eigenvalue weighted by Crippen LogP contribution is 2.46. The summed E-state index contributed by atoms with van der Waals surface area (Å²) < 4.78 is 17.4. The molecule has 2 heterocycles. The topological polar surface area (TPSA) is 68.3 Å². The molecule has 1 fully saturated rings. The summed E-state index contributed by atoms with van der Waals surface area (Å²) in [6.45, 7) is 6.34. The number of carbonyl (C=O) groups excluding carboxylic acids is 2. The summed E-state index contributed by atoms with van der Waals surface area (Å²) in [5.41, 5.74) is 1.41. The lowest BCUT2D eigenvalue weighted by Crippen LogP contribution is -2.51. The third kappa shape index (κ3) is 3.99. The summed E-state index contributed by atoms with van der Waals surface area (Å²) in [5.74, 6) is 1.74. The second-order valence-corrected chi connectivity index (χ2v) is 8.00. The van der Waals surface area contributed by atoms with Gasteiger partial charge >= 0.3 is 0 Å². The maximum Gasteiger partial charge on any atom is 0.258 e. The Kier molecular flexibility index (Phi) is 6.53. The van der Waals surface area contributed by atoms with Gasteiger partial charge in [-0.25, -0.2) is 0 Å². The first-order valence-corrected chi connectivity index (χ1v) is 11.2. The SMILES string of the molecule is CCOc1cccc2c1OC[C@@H]1CN(CC)C(=O)CCN(C(=O)c3ccccc3OC)[C@H]21. The quantitative estimate of drug-likeness (QED) is 0.714. The number of para-hydroxylation sites is 2. The van der Waals surface area contributed by atoms with E-state index in [-0.39, 0.29) is 30.2 Å². The average Bonchev–Trinajstić information content (AvgIpc) is 2.82. The number of methoxy groups -OCH3 is 1. The largest absolute Gasteiger partial charge is 0.496 e. The number of hydrogen-bond donors (Lipinski definition) is 0. The summed E-state index contributed by atoms with van der Waals surface area (Å²) in [6, 6.07) is 12.8. The fourth-order valence-electron chi connectivity index (χ4n) is 4.71. The van der Waals surface area contributed by atoms with Crippen LogP contribution in [0.4, 0.5) is 0 Å². The lowest BCUT2D eigenvalue weighted by molar-refractivity contribution is -0.134. The van der Waals surface area contributed by atoms with Crippen LogP contribution in [0.15, 0.2) is 42.5 Å². The lowest BCUT2D eigenvalue weighted by atomic mass is 9.86. The molecule has 0 radical (unpaired) electrons. The van der Waals surface area contributed by atoms with Crippen LogP contribution in [-0.4, -0.2) is 61.6 Å². The highest BCUT2D eigenvalue weighted by atomic mass is 16.5. The molecule has 32 heavy (non-hydrogen) atoms. The van der Waals surface area contributed by atoms with E-state index in [9.17, 15) is 9.59 Å². The Morgan fingerprint density at radius 1 is 1.12 bits per heavy atom. The van der Waals surface area contributed by atoms with Crippen molar-refractivity contribution in [3.05, 3.63) is 53.6 Å². The minimum absolute atomic E-state index is 0.0534. The molecular formula is C25H30N2O5. The Labute approximate surface area is 188 Å². The van der Waals surface area contributed by atoms with Gasteiger partial charge in [0.15, 0.2) is 11.5 Å². The van der Waals surface area contributed by atoms with E-state index in [4.69, 9.17) is 14.2 Å². The fourth-order valence-corrected chi connectivity index (χ4v) is 4.71. The molecule has 1 saturated heterocycles. The van der Waals surface area contributed by atoms with Gasteiger partial charge in [-0.05, 0) is 32.0 Å². The number of ether oxygens (including phenoxy) is 3. The predicted molar refractivity (Wildman–Crippen MR) is 120 cm³/mol. The van der Waals surface area contributed by atoms with Gasteiger partial charge in [-0.15, -0.1) is 0 Å². The molecule has 7 nitrogen and oxygen atoms in total. The second-order valence-electron chi connectivity index (χ2n) is 8.00. The summed E-state index contributed by atoms with van der Waals surface area (Å²) in [7, 11) is 1.56. The molecule has 2 aliphatic heterocycles. The zero-order valence-corrected chi connectivity index (χ0v) is 18.9. The van der Waals surface area contributed by atoms with Crippen molar-refractivity contribution in [2.75, 3.05) is 40.0 Å². The molecule has 0 unspecified atom stereocenters. The molecule has 170 valence electrons. The number of rotatable bonds is 5. The average molecular weight is 439 g/mol. The van der Waals surface area contributed by atoms with E-state index in [1.807, 2.05) is 54.0 Å². The Morgan fingerprint density at radius 2 is 1.91 bits per heavy atom. The Hall–Kier alpha value is -3.22. The predicted octanol–water partition coefficient (Wildman–Crippen LogP) is 3.54. The van der Waals surface area contributed by atoms with Gasteiger partial charge in [0, 0.05) is 37.5 Å². The van der Waals surface area contributed by atoms with Gasteiger partial charge in [0.2, 0.25) is 5.91 Å². The van der Waals surface area contributed by atoms with Gasteiger partial charge in [-0.1, -0.05) is 24.3 Å². The molecule has 0 N–H and O–H groups in total. The summed E-state index contributed by atoms with van der Waals surface area (Å²) >= 11 is 0. The first-order chi connectivity index (χ1) is 15.6. The number of carbonyl (C=O) groups is 2. The van der Waals surface area contributed by atoms with Gasteiger partial charge in [0.05, 0.1) is 31.9 Å². The Balaban J connectivity index is 1.81. The van der Waals surface area contributed by atoms with Crippen molar-refractivity contribution in [3.8, 4) is 17.2 Å². The highest BCUT2D eigenvalue weighted by molar-refractivity contribution is 5.97. The molecule has 0 saturated carbocycles. The van der Waals surface area contributed by atoms with Crippen molar-refractivity contribution in [2.24, 2.45) is 5.92 Å². The number of fused-ring (bicyclic) bond motifs is 3. The van der Waals surface area contributed by atoms with Gasteiger partial charge in [-0.3, -0.25) is 9.59 Å². The van der Waals surface area contributed by atoms with Crippen molar-refractivity contribution < 1.29 is 23.8 Å². The molecular weight excluding hydrogens is 408 g/mol. The standard InChI is InChI=1S/C25H30N2O5/c1-4-26-15-17-16-32-24-19(10-8-12-21(24)31-5-2)23(17)27(14-13-22(26)28)25(29)18-9-6-7-11-20(18)30-3/h6-12,17,23H,4-5,13-16H2,1-3H3/t17-,23-/m0/s1. The second kappa shape index (κ2) is 9.51. The molecule has 2 aliphatic rings. The van der Waals surface area contributed by atoms with Crippen LogP contribution >= 0.6 is 0 Å². The lowest BCUT2D eigenvalue weighted by Gasteiger charge is -2.44.